The van der Waals surface area contributed by atoms with Gasteiger partial charge in [-0.1, -0.05) is 30.7 Å². The Hall–Kier alpha value is -0.200. The largest absolute Gasteiger partial charge is 0.123 e. The van der Waals surface area contributed by atoms with E-state index in [2.05, 4.69) is 13.0 Å². The molecule has 0 heterocycles. The molecule has 1 aromatic rings. The standard InChI is InChI=1S/C11H14Cl2/c1-8(9(2)12)6-10-4-3-5-11(13)7-10/h3-5,7-9H,6H2,1-2H3. The SMILES string of the molecule is CC(Cl)C(C)Cc1cccc(Cl)c1. The predicted octanol–water partition coefficient (Wildman–Crippen LogP) is 4.15. The molecule has 0 aromatic heterocycles. The van der Waals surface area contributed by atoms with E-state index in [1.54, 1.807) is 0 Å². The third-order valence-corrected chi connectivity index (χ3v) is 2.90. The molecule has 0 nitrogen and oxygen atoms in total. The van der Waals surface area contributed by atoms with E-state index in [1.807, 2.05) is 25.1 Å². The van der Waals surface area contributed by atoms with Crippen LogP contribution in [0.1, 0.15) is 19.4 Å². The van der Waals surface area contributed by atoms with E-state index in [9.17, 15) is 0 Å². The molecule has 13 heavy (non-hydrogen) atoms. The van der Waals surface area contributed by atoms with Gasteiger partial charge in [-0.05, 0) is 37.0 Å². The molecule has 2 heteroatoms. The summed E-state index contributed by atoms with van der Waals surface area (Å²) in [5.74, 6) is 0.486. The molecule has 0 aliphatic rings. The zero-order valence-corrected chi connectivity index (χ0v) is 9.44. The van der Waals surface area contributed by atoms with Gasteiger partial charge in [0, 0.05) is 10.4 Å². The molecule has 0 saturated carbocycles. The highest BCUT2D eigenvalue weighted by atomic mass is 35.5. The Bertz CT molecular complexity index is 269. The van der Waals surface area contributed by atoms with Crippen molar-refractivity contribution in [3.05, 3.63) is 34.9 Å². The summed E-state index contributed by atoms with van der Waals surface area (Å²) in [6.45, 7) is 4.18. The van der Waals surface area contributed by atoms with Crippen LogP contribution in [0.2, 0.25) is 5.02 Å². The first-order chi connectivity index (χ1) is 6.09. The van der Waals surface area contributed by atoms with E-state index >= 15 is 0 Å². The number of benzene rings is 1. The van der Waals surface area contributed by atoms with Crippen molar-refractivity contribution in [2.75, 3.05) is 0 Å². The molecule has 0 radical (unpaired) electrons. The summed E-state index contributed by atoms with van der Waals surface area (Å²) in [6.07, 6.45) is 0.991. The minimum Gasteiger partial charge on any atom is -0.123 e. The summed E-state index contributed by atoms with van der Waals surface area (Å²) in [4.78, 5) is 0. The maximum Gasteiger partial charge on any atom is 0.0408 e. The van der Waals surface area contributed by atoms with E-state index < -0.39 is 0 Å². The van der Waals surface area contributed by atoms with Gasteiger partial charge in [0.15, 0.2) is 0 Å². The van der Waals surface area contributed by atoms with E-state index in [0.717, 1.165) is 11.4 Å². The first-order valence-electron chi connectivity index (χ1n) is 4.48. The minimum absolute atomic E-state index is 0.207. The lowest BCUT2D eigenvalue weighted by molar-refractivity contribution is 0.568. The molecule has 0 amide bonds. The Morgan fingerprint density at radius 2 is 2.00 bits per heavy atom. The highest BCUT2D eigenvalue weighted by molar-refractivity contribution is 6.30. The van der Waals surface area contributed by atoms with Crippen LogP contribution in [0.4, 0.5) is 0 Å². The smallest absolute Gasteiger partial charge is 0.0408 e. The van der Waals surface area contributed by atoms with Gasteiger partial charge in [0.05, 0.1) is 0 Å². The van der Waals surface area contributed by atoms with Gasteiger partial charge < -0.3 is 0 Å². The maximum atomic E-state index is 5.98. The molecule has 1 rings (SSSR count). The van der Waals surface area contributed by atoms with E-state index in [0.29, 0.717) is 5.92 Å². The zero-order valence-electron chi connectivity index (χ0n) is 7.93. The van der Waals surface area contributed by atoms with E-state index in [4.69, 9.17) is 23.2 Å². The van der Waals surface area contributed by atoms with Gasteiger partial charge in [0.2, 0.25) is 0 Å². The first-order valence-corrected chi connectivity index (χ1v) is 5.29. The lowest BCUT2D eigenvalue weighted by Crippen LogP contribution is -2.09. The maximum absolute atomic E-state index is 5.98. The van der Waals surface area contributed by atoms with Crippen LogP contribution >= 0.6 is 23.2 Å². The first kappa shape index (κ1) is 10.9. The molecule has 72 valence electrons. The van der Waals surface area contributed by atoms with Gasteiger partial charge in [-0.3, -0.25) is 0 Å². The average Bonchev–Trinajstić information content (AvgIpc) is 2.04. The molecule has 0 spiro atoms. The van der Waals surface area contributed by atoms with Crippen LogP contribution in [-0.2, 0) is 6.42 Å². The monoisotopic (exact) mass is 216 g/mol. The summed E-state index contributed by atoms with van der Waals surface area (Å²) in [5.41, 5.74) is 1.26. The number of hydrogen-bond acceptors (Lipinski definition) is 0. The quantitative estimate of drug-likeness (QED) is 0.667. The van der Waals surface area contributed by atoms with Crippen molar-refractivity contribution < 1.29 is 0 Å². The van der Waals surface area contributed by atoms with Gasteiger partial charge in [-0.2, -0.15) is 0 Å². The van der Waals surface area contributed by atoms with Crippen molar-refractivity contribution in [1.29, 1.82) is 0 Å². The number of halogens is 2. The second-order valence-electron chi connectivity index (χ2n) is 3.49. The summed E-state index contributed by atoms with van der Waals surface area (Å²) in [5, 5.41) is 1.01. The molecular formula is C11H14Cl2. The lowest BCUT2D eigenvalue weighted by Gasteiger charge is -2.13. The van der Waals surface area contributed by atoms with Gasteiger partial charge >= 0.3 is 0 Å². The lowest BCUT2D eigenvalue weighted by atomic mass is 9.99. The number of hydrogen-bond donors (Lipinski definition) is 0. The zero-order chi connectivity index (χ0) is 9.84. The average molecular weight is 217 g/mol. The van der Waals surface area contributed by atoms with Crippen molar-refractivity contribution >= 4 is 23.2 Å². The van der Waals surface area contributed by atoms with Crippen LogP contribution in [0.15, 0.2) is 24.3 Å². The molecule has 0 saturated heterocycles. The predicted molar refractivity (Wildman–Crippen MR) is 59.6 cm³/mol. The second-order valence-corrected chi connectivity index (χ2v) is 4.61. The van der Waals surface area contributed by atoms with Crippen LogP contribution in [0.5, 0.6) is 0 Å². The third-order valence-electron chi connectivity index (χ3n) is 2.23. The van der Waals surface area contributed by atoms with Crippen molar-refractivity contribution in [2.24, 2.45) is 5.92 Å². The molecular weight excluding hydrogens is 203 g/mol. The Morgan fingerprint density at radius 1 is 1.31 bits per heavy atom. The van der Waals surface area contributed by atoms with E-state index in [-0.39, 0.29) is 5.38 Å². The Kier molecular flexibility index (Phi) is 4.08. The molecule has 0 bridgehead atoms. The van der Waals surface area contributed by atoms with Gasteiger partial charge in [0.1, 0.15) is 0 Å². The van der Waals surface area contributed by atoms with Crippen LogP contribution in [0.25, 0.3) is 0 Å². The minimum atomic E-state index is 0.207. The fourth-order valence-corrected chi connectivity index (χ4v) is 1.50. The summed E-state index contributed by atoms with van der Waals surface area (Å²) >= 11 is 11.9. The molecule has 0 aliphatic heterocycles. The molecule has 2 unspecified atom stereocenters. The topological polar surface area (TPSA) is 0 Å². The van der Waals surface area contributed by atoms with Crippen LogP contribution in [-0.4, -0.2) is 5.38 Å². The van der Waals surface area contributed by atoms with Gasteiger partial charge in [-0.15, -0.1) is 11.6 Å². The highest BCUT2D eigenvalue weighted by Crippen LogP contribution is 2.18. The summed E-state index contributed by atoms with van der Waals surface area (Å²) in [7, 11) is 0. The Balaban J connectivity index is 2.64. The van der Waals surface area contributed by atoms with Crippen molar-refractivity contribution in [2.45, 2.75) is 25.6 Å². The summed E-state index contributed by atoms with van der Waals surface area (Å²) < 4.78 is 0. The molecule has 1 aromatic carbocycles. The third kappa shape index (κ3) is 3.58. The summed E-state index contributed by atoms with van der Waals surface area (Å²) in [6, 6.07) is 7.95. The highest BCUT2D eigenvalue weighted by Gasteiger charge is 2.09. The fourth-order valence-electron chi connectivity index (χ4n) is 1.20. The van der Waals surface area contributed by atoms with Gasteiger partial charge in [-0.25, -0.2) is 0 Å². The van der Waals surface area contributed by atoms with Crippen molar-refractivity contribution in [1.82, 2.24) is 0 Å². The molecule has 2 atom stereocenters. The Labute approximate surface area is 89.9 Å². The number of alkyl halides is 1. The van der Waals surface area contributed by atoms with Crippen molar-refractivity contribution in [3.63, 3.8) is 0 Å². The van der Waals surface area contributed by atoms with E-state index in [1.165, 1.54) is 5.56 Å². The van der Waals surface area contributed by atoms with Gasteiger partial charge in [0.25, 0.3) is 0 Å². The molecule has 0 aliphatic carbocycles. The van der Waals surface area contributed by atoms with Crippen LogP contribution in [0.3, 0.4) is 0 Å². The normalized spacial score (nSPS) is 15.4. The molecule has 0 fully saturated rings. The Morgan fingerprint density at radius 3 is 2.54 bits per heavy atom. The fraction of sp³-hybridized carbons (Fsp3) is 0.455. The van der Waals surface area contributed by atoms with Crippen molar-refractivity contribution in [3.8, 4) is 0 Å². The molecule has 0 N–H and O–H groups in total. The van der Waals surface area contributed by atoms with Crippen LogP contribution < -0.4 is 0 Å². The second kappa shape index (κ2) is 4.88. The number of rotatable bonds is 3. The van der Waals surface area contributed by atoms with Crippen LogP contribution in [0, 0.1) is 5.92 Å².